The molecule has 0 amide bonds. The van der Waals surface area contributed by atoms with Crippen molar-refractivity contribution in [1.82, 2.24) is 5.43 Å². The van der Waals surface area contributed by atoms with E-state index in [9.17, 15) is 0 Å². The third-order valence-corrected chi connectivity index (χ3v) is 4.39. The average Bonchev–Trinajstić information content (AvgIpc) is 2.73. The Hall–Kier alpha value is -2.89. The van der Waals surface area contributed by atoms with Crippen LogP contribution in [0.3, 0.4) is 0 Å². The summed E-state index contributed by atoms with van der Waals surface area (Å²) in [6, 6.07) is 25.1. The van der Waals surface area contributed by atoms with Gasteiger partial charge in [0, 0.05) is 10.7 Å². The lowest BCUT2D eigenvalue weighted by Crippen LogP contribution is -2.24. The second-order valence-corrected chi connectivity index (χ2v) is 6.91. The van der Waals surface area contributed by atoms with Crippen molar-refractivity contribution in [2.45, 2.75) is 13.5 Å². The van der Waals surface area contributed by atoms with E-state index in [0.29, 0.717) is 11.7 Å². The number of hydrazone groups is 1. The fourth-order valence-electron chi connectivity index (χ4n) is 2.42. The van der Waals surface area contributed by atoms with E-state index in [0.717, 1.165) is 33.3 Å². The lowest BCUT2D eigenvalue weighted by atomic mass is 10.1. The Kier molecular flexibility index (Phi) is 7.00. The SMILES string of the molecule is CC(=NNC(=S)Nc1ccccc1)c1ccc(OCc2ccc(Cl)cc2)cc1. The molecule has 0 fully saturated rings. The van der Waals surface area contributed by atoms with Gasteiger partial charge in [-0.3, -0.25) is 5.43 Å². The number of thiocarbonyl (C=S) groups is 1. The fraction of sp³-hybridized carbons (Fsp3) is 0.0909. The molecule has 0 bridgehead atoms. The minimum absolute atomic E-state index is 0.438. The number of nitrogens with one attached hydrogen (secondary N) is 2. The molecule has 0 aliphatic heterocycles. The van der Waals surface area contributed by atoms with Crippen LogP contribution in [0.2, 0.25) is 5.02 Å². The highest BCUT2D eigenvalue weighted by Crippen LogP contribution is 2.16. The number of ether oxygens (including phenoxy) is 1. The summed E-state index contributed by atoms with van der Waals surface area (Å²) in [5.74, 6) is 0.792. The van der Waals surface area contributed by atoms with Gasteiger partial charge in [-0.1, -0.05) is 41.9 Å². The highest BCUT2D eigenvalue weighted by atomic mass is 35.5. The zero-order valence-corrected chi connectivity index (χ0v) is 16.9. The monoisotopic (exact) mass is 409 g/mol. The van der Waals surface area contributed by atoms with Crippen LogP contribution in [0.4, 0.5) is 5.69 Å². The van der Waals surface area contributed by atoms with Crippen molar-refractivity contribution >= 4 is 40.3 Å². The van der Waals surface area contributed by atoms with E-state index in [-0.39, 0.29) is 0 Å². The average molecular weight is 410 g/mol. The molecule has 3 aromatic rings. The number of nitrogens with zero attached hydrogens (tertiary/aromatic N) is 1. The predicted molar refractivity (Wildman–Crippen MR) is 120 cm³/mol. The lowest BCUT2D eigenvalue weighted by molar-refractivity contribution is 0.306. The molecule has 3 rings (SSSR count). The van der Waals surface area contributed by atoms with Gasteiger partial charge in [0.2, 0.25) is 0 Å². The molecule has 0 atom stereocenters. The molecule has 0 saturated heterocycles. The highest BCUT2D eigenvalue weighted by molar-refractivity contribution is 7.80. The molecule has 4 nitrogen and oxygen atoms in total. The highest BCUT2D eigenvalue weighted by Gasteiger charge is 2.01. The van der Waals surface area contributed by atoms with E-state index in [2.05, 4.69) is 15.8 Å². The van der Waals surface area contributed by atoms with E-state index in [4.69, 9.17) is 28.6 Å². The Balaban J connectivity index is 1.52. The number of halogens is 1. The van der Waals surface area contributed by atoms with Crippen LogP contribution in [-0.2, 0) is 6.61 Å². The normalized spacial score (nSPS) is 11.0. The summed E-state index contributed by atoms with van der Waals surface area (Å²) >= 11 is 11.1. The van der Waals surface area contributed by atoms with Crippen LogP contribution in [0.25, 0.3) is 0 Å². The van der Waals surface area contributed by atoms with Crippen molar-refractivity contribution in [3.8, 4) is 5.75 Å². The molecule has 28 heavy (non-hydrogen) atoms. The van der Waals surface area contributed by atoms with E-state index < -0.39 is 0 Å². The third kappa shape index (κ3) is 6.08. The Morgan fingerprint density at radius 1 is 0.964 bits per heavy atom. The maximum Gasteiger partial charge on any atom is 0.191 e. The molecule has 2 N–H and O–H groups in total. The molecule has 0 aliphatic carbocycles. The summed E-state index contributed by atoms with van der Waals surface area (Å²) in [7, 11) is 0. The number of anilines is 1. The molecule has 0 aliphatic rings. The summed E-state index contributed by atoms with van der Waals surface area (Å²) in [6.07, 6.45) is 0. The Bertz CT molecular complexity index is 942. The van der Waals surface area contributed by atoms with Gasteiger partial charge < -0.3 is 10.1 Å². The standard InChI is InChI=1S/C22H20ClN3OS/c1-16(25-26-22(28)24-20-5-3-2-4-6-20)18-9-13-21(14-10-18)27-15-17-7-11-19(23)12-8-17/h2-14H,15H2,1H3,(H2,24,26,28). The first kappa shape index (κ1) is 19.9. The maximum absolute atomic E-state index is 5.89. The van der Waals surface area contributed by atoms with Crippen LogP contribution >= 0.6 is 23.8 Å². The minimum Gasteiger partial charge on any atom is -0.489 e. The van der Waals surface area contributed by atoms with Crippen LogP contribution < -0.4 is 15.5 Å². The summed E-state index contributed by atoms with van der Waals surface area (Å²) < 4.78 is 5.80. The second-order valence-electron chi connectivity index (χ2n) is 6.07. The molecule has 142 valence electrons. The van der Waals surface area contributed by atoms with Crippen molar-refractivity contribution in [1.29, 1.82) is 0 Å². The number of hydrogen-bond donors (Lipinski definition) is 2. The first-order chi connectivity index (χ1) is 13.6. The second kappa shape index (κ2) is 9.88. The maximum atomic E-state index is 5.89. The Morgan fingerprint density at radius 3 is 2.32 bits per heavy atom. The largest absolute Gasteiger partial charge is 0.489 e. The first-order valence-corrected chi connectivity index (χ1v) is 9.53. The van der Waals surface area contributed by atoms with Gasteiger partial charge in [0.25, 0.3) is 0 Å². The molecule has 0 radical (unpaired) electrons. The topological polar surface area (TPSA) is 45.7 Å². The molecule has 0 saturated carbocycles. The summed E-state index contributed by atoms with van der Waals surface area (Å²) in [5, 5.41) is 8.57. The zero-order chi connectivity index (χ0) is 19.8. The van der Waals surface area contributed by atoms with E-state index >= 15 is 0 Å². The molecule has 0 aromatic heterocycles. The van der Waals surface area contributed by atoms with Gasteiger partial charge in [-0.2, -0.15) is 5.10 Å². The summed E-state index contributed by atoms with van der Waals surface area (Å²) in [5.41, 5.74) is 6.64. The van der Waals surface area contributed by atoms with E-state index in [1.807, 2.05) is 85.8 Å². The molecule has 0 unspecified atom stereocenters. The van der Waals surface area contributed by atoms with Gasteiger partial charge in [-0.25, -0.2) is 0 Å². The van der Waals surface area contributed by atoms with Gasteiger partial charge in [0.15, 0.2) is 5.11 Å². The van der Waals surface area contributed by atoms with Gasteiger partial charge >= 0.3 is 0 Å². The number of para-hydroxylation sites is 1. The quantitative estimate of drug-likeness (QED) is 0.314. The zero-order valence-electron chi connectivity index (χ0n) is 15.4. The Morgan fingerprint density at radius 2 is 1.64 bits per heavy atom. The molecule has 3 aromatic carbocycles. The van der Waals surface area contributed by atoms with Crippen LogP contribution in [0.15, 0.2) is 84.0 Å². The van der Waals surface area contributed by atoms with Crippen molar-refractivity contribution in [3.05, 3.63) is 95.0 Å². The molecular weight excluding hydrogens is 390 g/mol. The number of hydrogen-bond acceptors (Lipinski definition) is 3. The van der Waals surface area contributed by atoms with Gasteiger partial charge in [-0.15, -0.1) is 0 Å². The number of benzene rings is 3. The van der Waals surface area contributed by atoms with Gasteiger partial charge in [-0.05, 0) is 78.8 Å². The first-order valence-electron chi connectivity index (χ1n) is 8.74. The van der Waals surface area contributed by atoms with Crippen molar-refractivity contribution < 1.29 is 4.74 Å². The van der Waals surface area contributed by atoms with Crippen LogP contribution in [0, 0.1) is 0 Å². The van der Waals surface area contributed by atoms with Gasteiger partial charge in [0.05, 0.1) is 5.71 Å². The van der Waals surface area contributed by atoms with Crippen molar-refractivity contribution in [2.24, 2.45) is 5.10 Å². The summed E-state index contributed by atoms with van der Waals surface area (Å²) in [4.78, 5) is 0. The fourth-order valence-corrected chi connectivity index (χ4v) is 2.71. The van der Waals surface area contributed by atoms with Crippen LogP contribution in [-0.4, -0.2) is 10.8 Å². The van der Waals surface area contributed by atoms with Crippen LogP contribution in [0.5, 0.6) is 5.75 Å². The Labute approximate surface area is 175 Å². The lowest BCUT2D eigenvalue weighted by Gasteiger charge is -2.09. The van der Waals surface area contributed by atoms with Crippen molar-refractivity contribution in [2.75, 3.05) is 5.32 Å². The predicted octanol–water partition coefficient (Wildman–Crippen LogP) is 5.63. The number of rotatable bonds is 6. The van der Waals surface area contributed by atoms with E-state index in [1.165, 1.54) is 0 Å². The van der Waals surface area contributed by atoms with E-state index in [1.54, 1.807) is 0 Å². The minimum atomic E-state index is 0.438. The van der Waals surface area contributed by atoms with Gasteiger partial charge in [0.1, 0.15) is 12.4 Å². The van der Waals surface area contributed by atoms with Crippen molar-refractivity contribution in [3.63, 3.8) is 0 Å². The van der Waals surface area contributed by atoms with Crippen LogP contribution in [0.1, 0.15) is 18.1 Å². The third-order valence-electron chi connectivity index (χ3n) is 3.95. The smallest absolute Gasteiger partial charge is 0.191 e. The molecule has 0 heterocycles. The molecular formula is C22H20ClN3OS. The molecule has 6 heteroatoms. The molecule has 0 spiro atoms. The summed E-state index contributed by atoms with van der Waals surface area (Å²) in [6.45, 7) is 2.41.